The van der Waals surface area contributed by atoms with Gasteiger partial charge in [0, 0.05) is 0 Å². The first-order chi connectivity index (χ1) is 8.59. The molecule has 0 spiro atoms. The van der Waals surface area contributed by atoms with Crippen molar-refractivity contribution in [3.05, 3.63) is 0 Å². The van der Waals surface area contributed by atoms with Gasteiger partial charge in [0.1, 0.15) is 0 Å². The molecule has 0 bridgehead atoms. The molecule has 0 aromatic rings. The first-order valence-corrected chi connectivity index (χ1v) is 7.06. The van der Waals surface area contributed by atoms with Crippen LogP contribution in [-0.2, 0) is 9.59 Å². The first-order valence-electron chi connectivity index (χ1n) is 7.06. The van der Waals surface area contributed by atoms with Crippen LogP contribution < -0.4 is 0 Å². The van der Waals surface area contributed by atoms with E-state index >= 15 is 0 Å². The molecule has 4 unspecified atom stereocenters. The van der Waals surface area contributed by atoms with Gasteiger partial charge < -0.3 is 10.2 Å². The highest BCUT2D eigenvalue weighted by Crippen LogP contribution is 2.81. The number of fused-ring (bicyclic) bond motifs is 1. The predicted molar refractivity (Wildman–Crippen MR) is 70.8 cm³/mol. The molecule has 0 radical (unpaired) electrons. The molecule has 4 atom stereocenters. The maximum atomic E-state index is 11.9. The molecule has 2 saturated carbocycles. The van der Waals surface area contributed by atoms with Gasteiger partial charge in [-0.25, -0.2) is 0 Å². The van der Waals surface area contributed by atoms with E-state index in [1.54, 1.807) is 13.8 Å². The van der Waals surface area contributed by atoms with Crippen LogP contribution in [0.15, 0.2) is 0 Å². The molecule has 2 rings (SSSR count). The second kappa shape index (κ2) is 3.74. The molecule has 0 aromatic heterocycles. The van der Waals surface area contributed by atoms with Gasteiger partial charge in [0.25, 0.3) is 0 Å². The molecular weight excluding hydrogens is 244 g/mol. The highest BCUT2D eigenvalue weighted by molar-refractivity contribution is 5.91. The quantitative estimate of drug-likeness (QED) is 0.806. The summed E-state index contributed by atoms with van der Waals surface area (Å²) >= 11 is 0. The van der Waals surface area contributed by atoms with Gasteiger partial charge in [-0.3, -0.25) is 9.59 Å². The molecule has 2 N–H and O–H groups in total. The van der Waals surface area contributed by atoms with Crippen molar-refractivity contribution < 1.29 is 19.8 Å². The number of carboxylic acid groups (broad SMARTS) is 2. The van der Waals surface area contributed by atoms with Crippen LogP contribution in [0.5, 0.6) is 0 Å². The van der Waals surface area contributed by atoms with Gasteiger partial charge in [-0.05, 0) is 37.5 Å². The molecule has 4 heteroatoms. The molecule has 0 aliphatic heterocycles. The van der Waals surface area contributed by atoms with E-state index in [9.17, 15) is 19.8 Å². The van der Waals surface area contributed by atoms with Gasteiger partial charge in [-0.15, -0.1) is 0 Å². The Balaban J connectivity index is 2.66. The van der Waals surface area contributed by atoms with Crippen LogP contribution in [0, 0.1) is 21.7 Å². The topological polar surface area (TPSA) is 74.6 Å². The second-order valence-corrected chi connectivity index (χ2v) is 7.09. The fraction of sp³-hybridized carbons (Fsp3) is 0.867. The van der Waals surface area contributed by atoms with Crippen molar-refractivity contribution in [1.29, 1.82) is 0 Å². The summed E-state index contributed by atoms with van der Waals surface area (Å²) in [6.07, 6.45) is 4.65. The van der Waals surface area contributed by atoms with Crippen molar-refractivity contribution in [2.45, 2.75) is 59.8 Å². The largest absolute Gasteiger partial charge is 0.481 e. The summed E-state index contributed by atoms with van der Waals surface area (Å²) in [5.41, 5.74) is -3.30. The summed E-state index contributed by atoms with van der Waals surface area (Å²) in [7, 11) is 0. The Morgan fingerprint density at radius 1 is 0.737 bits per heavy atom. The van der Waals surface area contributed by atoms with E-state index < -0.39 is 33.6 Å². The van der Waals surface area contributed by atoms with Gasteiger partial charge >= 0.3 is 11.9 Å². The van der Waals surface area contributed by atoms with Crippen molar-refractivity contribution in [1.82, 2.24) is 0 Å². The van der Waals surface area contributed by atoms with Crippen LogP contribution in [-0.4, -0.2) is 22.2 Å². The van der Waals surface area contributed by atoms with E-state index in [0.29, 0.717) is 0 Å². The molecule has 108 valence electrons. The lowest BCUT2D eigenvalue weighted by molar-refractivity contribution is -0.305. The molecule has 4 nitrogen and oxygen atoms in total. The van der Waals surface area contributed by atoms with E-state index in [0.717, 1.165) is 32.1 Å². The summed E-state index contributed by atoms with van der Waals surface area (Å²) in [4.78, 5) is 23.7. The smallest absolute Gasteiger partial charge is 0.311 e. The lowest BCUT2D eigenvalue weighted by atomic mass is 9.25. The van der Waals surface area contributed by atoms with E-state index in [-0.39, 0.29) is 0 Å². The summed E-state index contributed by atoms with van der Waals surface area (Å²) in [5.74, 6) is -1.95. The number of hydrogen-bond donors (Lipinski definition) is 2. The fourth-order valence-electron chi connectivity index (χ4n) is 5.23. The number of carbonyl (C=O) groups is 2. The van der Waals surface area contributed by atoms with Crippen LogP contribution in [0.4, 0.5) is 0 Å². The van der Waals surface area contributed by atoms with E-state index in [1.165, 1.54) is 0 Å². The number of hydrogen-bond acceptors (Lipinski definition) is 2. The third-order valence-corrected chi connectivity index (χ3v) is 7.13. The summed E-state index contributed by atoms with van der Waals surface area (Å²) in [6, 6.07) is 0. The zero-order chi connectivity index (χ0) is 14.7. The highest BCUT2D eigenvalue weighted by atomic mass is 16.4. The lowest BCUT2D eigenvalue weighted by Gasteiger charge is -2.75. The first kappa shape index (κ1) is 14.4. The zero-order valence-corrected chi connectivity index (χ0v) is 12.2. The lowest BCUT2D eigenvalue weighted by Crippen LogP contribution is -2.79. The minimum Gasteiger partial charge on any atom is -0.481 e. The number of carboxylic acids is 2. The molecule has 19 heavy (non-hydrogen) atoms. The minimum atomic E-state index is -1.20. The van der Waals surface area contributed by atoms with Gasteiger partial charge in [0.2, 0.25) is 0 Å². The van der Waals surface area contributed by atoms with Crippen LogP contribution in [0.25, 0.3) is 0 Å². The maximum Gasteiger partial charge on any atom is 0.311 e. The summed E-state index contributed by atoms with van der Waals surface area (Å²) < 4.78 is 0. The molecule has 0 saturated heterocycles. The molecule has 2 aliphatic carbocycles. The zero-order valence-electron chi connectivity index (χ0n) is 12.2. The van der Waals surface area contributed by atoms with Gasteiger partial charge in [0.05, 0.1) is 10.8 Å². The predicted octanol–water partition coefficient (Wildman–Crippen LogP) is 3.16. The van der Waals surface area contributed by atoms with Crippen molar-refractivity contribution >= 4 is 11.9 Å². The van der Waals surface area contributed by atoms with Gasteiger partial charge in [-0.1, -0.05) is 33.1 Å². The van der Waals surface area contributed by atoms with Gasteiger partial charge in [-0.2, -0.15) is 0 Å². The van der Waals surface area contributed by atoms with E-state index in [2.05, 4.69) is 0 Å². The van der Waals surface area contributed by atoms with Gasteiger partial charge in [0.15, 0.2) is 0 Å². The Labute approximate surface area is 114 Å². The number of rotatable bonds is 2. The van der Waals surface area contributed by atoms with Crippen LogP contribution in [0.3, 0.4) is 0 Å². The molecule has 0 heterocycles. The maximum absolute atomic E-state index is 11.9. The molecule has 0 aromatic carbocycles. The average molecular weight is 268 g/mol. The average Bonchev–Trinajstić information content (AvgIpc) is 2.47. The Kier molecular flexibility index (Phi) is 2.82. The Hall–Kier alpha value is -1.06. The normalized spacial score (nSPS) is 49.7. The minimum absolute atomic E-state index is 0.449. The van der Waals surface area contributed by atoms with Crippen molar-refractivity contribution in [2.24, 2.45) is 21.7 Å². The van der Waals surface area contributed by atoms with E-state index in [4.69, 9.17) is 0 Å². The Morgan fingerprint density at radius 2 is 1.05 bits per heavy atom. The van der Waals surface area contributed by atoms with Crippen molar-refractivity contribution in [3.63, 3.8) is 0 Å². The van der Waals surface area contributed by atoms with Crippen molar-refractivity contribution in [2.75, 3.05) is 0 Å². The van der Waals surface area contributed by atoms with Crippen LogP contribution >= 0.6 is 0 Å². The molecule has 2 aliphatic rings. The number of aliphatic carboxylic acids is 2. The summed E-state index contributed by atoms with van der Waals surface area (Å²) in [5, 5.41) is 19.4. The summed E-state index contributed by atoms with van der Waals surface area (Å²) in [6.45, 7) is 7.24. The standard InChI is InChI=1S/C15H24O4/c1-12-8-6-5-7-9-13(12,2)15(4,11(18)19)14(12,3)10(16)17/h5-9H2,1-4H3,(H,16,17)(H,18,19). The third kappa shape index (κ3) is 1.17. The fourth-order valence-corrected chi connectivity index (χ4v) is 5.23. The van der Waals surface area contributed by atoms with E-state index in [1.807, 2.05) is 13.8 Å². The van der Waals surface area contributed by atoms with Crippen LogP contribution in [0.1, 0.15) is 59.8 Å². The highest BCUT2D eigenvalue weighted by Gasteiger charge is 2.85. The SMILES string of the molecule is CC12CCCCCC1(C)C(C)(C(=O)O)C2(C)C(=O)O. The van der Waals surface area contributed by atoms with Crippen LogP contribution in [0.2, 0.25) is 0 Å². The molecular formula is C15H24O4. The Morgan fingerprint density at radius 3 is 1.32 bits per heavy atom. The second-order valence-electron chi connectivity index (χ2n) is 7.09. The van der Waals surface area contributed by atoms with Crippen molar-refractivity contribution in [3.8, 4) is 0 Å². The molecule has 2 fully saturated rings. The third-order valence-electron chi connectivity index (χ3n) is 7.13. The Bertz CT molecular complexity index is 405. The molecule has 0 amide bonds. The monoisotopic (exact) mass is 268 g/mol.